The first kappa shape index (κ1) is 10.4. The van der Waals surface area contributed by atoms with Gasteiger partial charge in [-0.05, 0) is 30.7 Å². The molecule has 1 unspecified atom stereocenters. The van der Waals surface area contributed by atoms with Crippen LogP contribution in [-0.2, 0) is 13.0 Å². The highest BCUT2D eigenvalue weighted by Gasteiger charge is 2.19. The Morgan fingerprint density at radius 2 is 2.06 bits per heavy atom. The summed E-state index contributed by atoms with van der Waals surface area (Å²) in [5, 5.41) is 4.40. The Morgan fingerprint density at radius 3 is 2.82 bits per heavy atom. The average Bonchev–Trinajstić information content (AvgIpc) is 2.72. The number of halogens is 1. The van der Waals surface area contributed by atoms with Crippen LogP contribution in [0.5, 0.6) is 0 Å². The van der Waals surface area contributed by atoms with Crippen molar-refractivity contribution in [2.45, 2.75) is 25.4 Å². The fourth-order valence-corrected chi connectivity index (χ4v) is 2.05. The molecule has 0 saturated carbocycles. The summed E-state index contributed by atoms with van der Waals surface area (Å²) in [4.78, 5) is 4.46. The number of aromatic nitrogens is 3. The van der Waals surface area contributed by atoms with E-state index in [1.807, 2.05) is 4.68 Å². The molecule has 0 radical (unpaired) electrons. The van der Waals surface area contributed by atoms with E-state index in [9.17, 15) is 4.39 Å². The van der Waals surface area contributed by atoms with Gasteiger partial charge in [-0.15, -0.1) is 0 Å². The Kier molecular flexibility index (Phi) is 2.40. The average molecular weight is 232 g/mol. The Morgan fingerprint density at radius 1 is 1.29 bits per heavy atom. The third-order valence-electron chi connectivity index (χ3n) is 3.00. The van der Waals surface area contributed by atoms with Gasteiger partial charge in [0.2, 0.25) is 0 Å². The molecule has 88 valence electrons. The van der Waals surface area contributed by atoms with Crippen LogP contribution >= 0.6 is 0 Å². The highest BCUT2D eigenvalue weighted by Crippen LogP contribution is 2.19. The van der Waals surface area contributed by atoms with E-state index < -0.39 is 0 Å². The second kappa shape index (κ2) is 3.92. The van der Waals surface area contributed by atoms with Crippen molar-refractivity contribution < 1.29 is 4.39 Å². The number of aryl methyl sites for hydroxylation is 1. The molecule has 1 aromatic heterocycles. The summed E-state index contributed by atoms with van der Waals surface area (Å²) in [5.74, 6) is 1.36. The molecule has 0 fully saturated rings. The van der Waals surface area contributed by atoms with Gasteiger partial charge in [0.25, 0.3) is 0 Å². The standard InChI is InChI=1S/C12H13FN4/c13-9-3-1-8(2-4-9)12-15-11-6-5-10(14)7-17(11)16-12/h1-4,10H,5-7,14H2. The number of fused-ring (bicyclic) bond motifs is 1. The molecule has 1 aromatic carbocycles. The number of nitrogens with two attached hydrogens (primary N) is 1. The lowest BCUT2D eigenvalue weighted by Gasteiger charge is -2.17. The number of benzene rings is 1. The van der Waals surface area contributed by atoms with Gasteiger partial charge in [0.1, 0.15) is 11.6 Å². The minimum atomic E-state index is -0.250. The lowest BCUT2D eigenvalue weighted by molar-refractivity contribution is 0.422. The summed E-state index contributed by atoms with van der Waals surface area (Å²) < 4.78 is 14.7. The molecule has 1 aliphatic heterocycles. The predicted octanol–water partition coefficient (Wildman–Crippen LogP) is 1.36. The molecular formula is C12H13FN4. The van der Waals surface area contributed by atoms with Crippen LogP contribution in [0.2, 0.25) is 0 Å². The fraction of sp³-hybridized carbons (Fsp3) is 0.333. The number of rotatable bonds is 1. The van der Waals surface area contributed by atoms with Gasteiger partial charge in [-0.3, -0.25) is 0 Å². The van der Waals surface area contributed by atoms with E-state index in [1.54, 1.807) is 12.1 Å². The van der Waals surface area contributed by atoms with Crippen molar-refractivity contribution in [1.82, 2.24) is 14.8 Å². The zero-order valence-corrected chi connectivity index (χ0v) is 9.31. The summed E-state index contributed by atoms with van der Waals surface area (Å²) in [6.45, 7) is 0.712. The summed E-state index contributed by atoms with van der Waals surface area (Å²) in [7, 11) is 0. The van der Waals surface area contributed by atoms with Crippen molar-refractivity contribution >= 4 is 0 Å². The van der Waals surface area contributed by atoms with E-state index in [2.05, 4.69) is 10.1 Å². The van der Waals surface area contributed by atoms with Gasteiger partial charge in [-0.25, -0.2) is 14.1 Å². The van der Waals surface area contributed by atoms with Crippen LogP contribution in [-0.4, -0.2) is 20.8 Å². The van der Waals surface area contributed by atoms with Crippen molar-refractivity contribution in [3.05, 3.63) is 35.9 Å². The Hall–Kier alpha value is -1.75. The largest absolute Gasteiger partial charge is 0.326 e. The van der Waals surface area contributed by atoms with Gasteiger partial charge in [0.15, 0.2) is 5.82 Å². The minimum Gasteiger partial charge on any atom is -0.326 e. The Balaban J connectivity index is 1.97. The molecule has 5 heteroatoms. The second-order valence-electron chi connectivity index (χ2n) is 4.34. The molecule has 2 heterocycles. The van der Waals surface area contributed by atoms with Crippen LogP contribution in [0.25, 0.3) is 11.4 Å². The van der Waals surface area contributed by atoms with Crippen LogP contribution in [0.1, 0.15) is 12.2 Å². The van der Waals surface area contributed by atoms with E-state index >= 15 is 0 Å². The van der Waals surface area contributed by atoms with E-state index in [1.165, 1.54) is 12.1 Å². The van der Waals surface area contributed by atoms with E-state index in [0.717, 1.165) is 24.2 Å². The third kappa shape index (κ3) is 1.93. The summed E-state index contributed by atoms with van der Waals surface area (Å²) >= 11 is 0. The molecule has 1 atom stereocenters. The first-order chi connectivity index (χ1) is 8.22. The Bertz CT molecular complexity index is 532. The Labute approximate surface area is 98.3 Å². The lowest BCUT2D eigenvalue weighted by Crippen LogP contribution is -2.32. The van der Waals surface area contributed by atoms with Crippen LogP contribution < -0.4 is 5.73 Å². The number of hydrogen-bond acceptors (Lipinski definition) is 3. The van der Waals surface area contributed by atoms with Crippen LogP contribution in [0.15, 0.2) is 24.3 Å². The number of nitrogens with zero attached hydrogens (tertiary/aromatic N) is 3. The van der Waals surface area contributed by atoms with Crippen LogP contribution in [0.4, 0.5) is 4.39 Å². The smallest absolute Gasteiger partial charge is 0.181 e. The molecule has 0 amide bonds. The maximum Gasteiger partial charge on any atom is 0.181 e. The summed E-state index contributed by atoms with van der Waals surface area (Å²) in [6.07, 6.45) is 1.80. The molecule has 0 spiro atoms. The van der Waals surface area contributed by atoms with Crippen LogP contribution in [0, 0.1) is 5.82 Å². The van der Waals surface area contributed by atoms with Crippen molar-refractivity contribution in [2.24, 2.45) is 5.73 Å². The molecule has 0 saturated heterocycles. The topological polar surface area (TPSA) is 56.7 Å². The first-order valence-electron chi connectivity index (χ1n) is 5.67. The lowest BCUT2D eigenvalue weighted by atomic mass is 10.1. The van der Waals surface area contributed by atoms with E-state index in [0.29, 0.717) is 12.4 Å². The monoisotopic (exact) mass is 232 g/mol. The van der Waals surface area contributed by atoms with Gasteiger partial charge >= 0.3 is 0 Å². The van der Waals surface area contributed by atoms with Gasteiger partial charge < -0.3 is 5.73 Å². The highest BCUT2D eigenvalue weighted by molar-refractivity contribution is 5.54. The molecular weight excluding hydrogens is 219 g/mol. The molecule has 1 aliphatic rings. The maximum atomic E-state index is 12.8. The van der Waals surface area contributed by atoms with Crippen molar-refractivity contribution in [1.29, 1.82) is 0 Å². The second-order valence-corrected chi connectivity index (χ2v) is 4.34. The van der Waals surface area contributed by atoms with Crippen molar-refractivity contribution in [3.8, 4) is 11.4 Å². The zero-order valence-electron chi connectivity index (χ0n) is 9.31. The molecule has 0 bridgehead atoms. The summed E-state index contributed by atoms with van der Waals surface area (Å²) in [6, 6.07) is 6.38. The SMILES string of the molecule is NC1CCc2nc(-c3ccc(F)cc3)nn2C1. The predicted molar refractivity (Wildman–Crippen MR) is 61.7 cm³/mol. The van der Waals surface area contributed by atoms with E-state index in [4.69, 9.17) is 5.73 Å². The molecule has 2 N–H and O–H groups in total. The molecule has 3 rings (SSSR count). The normalized spacial score (nSPS) is 19.1. The van der Waals surface area contributed by atoms with Gasteiger partial charge in [0, 0.05) is 18.0 Å². The van der Waals surface area contributed by atoms with E-state index in [-0.39, 0.29) is 11.9 Å². The van der Waals surface area contributed by atoms with Crippen LogP contribution in [0.3, 0.4) is 0 Å². The van der Waals surface area contributed by atoms with Gasteiger partial charge in [-0.1, -0.05) is 0 Å². The highest BCUT2D eigenvalue weighted by atomic mass is 19.1. The molecule has 0 aliphatic carbocycles. The zero-order chi connectivity index (χ0) is 11.8. The van der Waals surface area contributed by atoms with Gasteiger partial charge in [-0.2, -0.15) is 5.10 Å². The minimum absolute atomic E-state index is 0.158. The molecule has 17 heavy (non-hydrogen) atoms. The maximum absolute atomic E-state index is 12.8. The first-order valence-corrected chi connectivity index (χ1v) is 5.67. The quantitative estimate of drug-likeness (QED) is 0.807. The molecule has 2 aromatic rings. The molecule has 4 nitrogen and oxygen atoms in total. The number of hydrogen-bond donors (Lipinski definition) is 1. The van der Waals surface area contributed by atoms with Crippen molar-refractivity contribution in [3.63, 3.8) is 0 Å². The fourth-order valence-electron chi connectivity index (χ4n) is 2.05. The summed E-state index contributed by atoms with van der Waals surface area (Å²) in [5.41, 5.74) is 6.71. The third-order valence-corrected chi connectivity index (χ3v) is 3.00. The van der Waals surface area contributed by atoms with Gasteiger partial charge in [0.05, 0.1) is 6.54 Å². The van der Waals surface area contributed by atoms with Crippen molar-refractivity contribution in [2.75, 3.05) is 0 Å².